The van der Waals surface area contributed by atoms with Crippen LogP contribution in [0.5, 0.6) is 0 Å². The fraction of sp³-hybridized carbons (Fsp3) is 0.500. The summed E-state index contributed by atoms with van der Waals surface area (Å²) in [6.45, 7) is 3.44. The number of benzene rings is 1. The molecule has 0 saturated heterocycles. The van der Waals surface area contributed by atoms with Gasteiger partial charge in [0.1, 0.15) is 0 Å². The second-order valence-electron chi connectivity index (χ2n) is 4.11. The second-order valence-corrected chi connectivity index (χ2v) is 4.11. The summed E-state index contributed by atoms with van der Waals surface area (Å²) >= 11 is 0. The summed E-state index contributed by atoms with van der Waals surface area (Å²) in [7, 11) is 0. The van der Waals surface area contributed by atoms with Gasteiger partial charge in [-0.15, -0.1) is 0 Å². The summed E-state index contributed by atoms with van der Waals surface area (Å²) in [5.74, 6) is -0.0812. The van der Waals surface area contributed by atoms with Gasteiger partial charge in [-0.25, -0.2) is 0 Å². The van der Waals surface area contributed by atoms with Crippen molar-refractivity contribution in [2.45, 2.75) is 38.5 Å². The van der Waals surface area contributed by atoms with Crippen LogP contribution in [0.4, 0.5) is 13.2 Å². The minimum atomic E-state index is -4.30. The van der Waals surface area contributed by atoms with Gasteiger partial charge in [-0.1, -0.05) is 25.1 Å². The molecular weight excluding hydrogens is 217 g/mol. The summed E-state index contributed by atoms with van der Waals surface area (Å²) in [6.07, 6.45) is -4.36. The lowest BCUT2D eigenvalue weighted by Gasteiger charge is -2.15. The van der Waals surface area contributed by atoms with E-state index in [0.717, 1.165) is 12.1 Å². The van der Waals surface area contributed by atoms with Gasteiger partial charge in [0.05, 0.1) is 11.7 Å². The number of halogens is 3. The molecule has 2 unspecified atom stereocenters. The van der Waals surface area contributed by atoms with Crippen molar-refractivity contribution in [3.8, 4) is 0 Å². The fourth-order valence-corrected chi connectivity index (χ4v) is 1.67. The van der Waals surface area contributed by atoms with E-state index in [1.807, 2.05) is 6.92 Å². The van der Waals surface area contributed by atoms with Gasteiger partial charge in [0.25, 0.3) is 0 Å². The van der Waals surface area contributed by atoms with Crippen LogP contribution in [0.25, 0.3) is 0 Å². The van der Waals surface area contributed by atoms with Crippen LogP contribution in [0.3, 0.4) is 0 Å². The summed E-state index contributed by atoms with van der Waals surface area (Å²) < 4.78 is 37.3. The first-order valence-electron chi connectivity index (χ1n) is 5.16. The van der Waals surface area contributed by atoms with Gasteiger partial charge in [-0.2, -0.15) is 13.2 Å². The largest absolute Gasteiger partial charge is 0.416 e. The third-order valence-electron chi connectivity index (χ3n) is 2.48. The fourth-order valence-electron chi connectivity index (χ4n) is 1.67. The molecule has 1 aromatic rings. The molecule has 1 aromatic carbocycles. The molecule has 1 N–H and O–H groups in total. The average molecular weight is 232 g/mol. The third-order valence-corrected chi connectivity index (χ3v) is 2.48. The first-order chi connectivity index (χ1) is 7.30. The monoisotopic (exact) mass is 232 g/mol. The zero-order valence-electron chi connectivity index (χ0n) is 9.25. The topological polar surface area (TPSA) is 20.2 Å². The lowest BCUT2D eigenvalue weighted by molar-refractivity contribution is -0.137. The van der Waals surface area contributed by atoms with Crippen molar-refractivity contribution >= 4 is 0 Å². The van der Waals surface area contributed by atoms with E-state index in [9.17, 15) is 18.3 Å². The van der Waals surface area contributed by atoms with Crippen molar-refractivity contribution < 1.29 is 18.3 Å². The van der Waals surface area contributed by atoms with E-state index in [-0.39, 0.29) is 5.92 Å². The molecule has 2 atom stereocenters. The zero-order chi connectivity index (χ0) is 12.3. The van der Waals surface area contributed by atoms with Crippen molar-refractivity contribution in [2.24, 2.45) is 0 Å². The van der Waals surface area contributed by atoms with E-state index in [4.69, 9.17) is 0 Å². The van der Waals surface area contributed by atoms with E-state index in [1.54, 1.807) is 13.0 Å². The summed E-state index contributed by atoms with van der Waals surface area (Å²) in [5.41, 5.74) is -0.0295. The van der Waals surface area contributed by atoms with Gasteiger partial charge < -0.3 is 5.11 Å². The predicted octanol–water partition coefficient (Wildman–Crippen LogP) is 3.58. The van der Waals surface area contributed by atoms with Gasteiger partial charge in [-0.05, 0) is 30.9 Å². The Morgan fingerprint density at radius 3 is 2.38 bits per heavy atom. The maximum absolute atomic E-state index is 12.4. The molecular formula is C12H15F3O. The summed E-state index contributed by atoms with van der Waals surface area (Å²) in [4.78, 5) is 0. The first-order valence-corrected chi connectivity index (χ1v) is 5.16. The van der Waals surface area contributed by atoms with E-state index in [0.29, 0.717) is 12.0 Å². The highest BCUT2D eigenvalue weighted by Crippen LogP contribution is 2.31. The Hall–Kier alpha value is -1.03. The Kier molecular flexibility index (Phi) is 3.97. The molecule has 1 nitrogen and oxygen atoms in total. The molecule has 0 heterocycles. The van der Waals surface area contributed by atoms with Crippen LogP contribution < -0.4 is 0 Å². The van der Waals surface area contributed by atoms with Crippen molar-refractivity contribution in [2.75, 3.05) is 0 Å². The summed E-state index contributed by atoms with van der Waals surface area (Å²) in [6, 6.07) is 5.25. The van der Waals surface area contributed by atoms with E-state index in [1.165, 1.54) is 6.07 Å². The highest BCUT2D eigenvalue weighted by atomic mass is 19.4. The predicted molar refractivity (Wildman–Crippen MR) is 56.2 cm³/mol. The van der Waals surface area contributed by atoms with Crippen LogP contribution >= 0.6 is 0 Å². The Morgan fingerprint density at radius 1 is 1.25 bits per heavy atom. The number of aliphatic hydroxyl groups excluding tert-OH is 1. The van der Waals surface area contributed by atoms with Crippen LogP contribution in [0.1, 0.15) is 37.3 Å². The molecule has 0 bridgehead atoms. The van der Waals surface area contributed by atoms with Crippen LogP contribution in [-0.4, -0.2) is 11.2 Å². The molecule has 0 aliphatic carbocycles. The normalized spacial score (nSPS) is 15.9. The third kappa shape index (κ3) is 3.52. The second kappa shape index (κ2) is 4.87. The van der Waals surface area contributed by atoms with Crippen LogP contribution in [0.15, 0.2) is 24.3 Å². The van der Waals surface area contributed by atoms with Crippen molar-refractivity contribution in [1.29, 1.82) is 0 Å². The van der Waals surface area contributed by atoms with Gasteiger partial charge >= 0.3 is 6.18 Å². The minimum Gasteiger partial charge on any atom is -0.393 e. The van der Waals surface area contributed by atoms with E-state index < -0.39 is 17.8 Å². The molecule has 0 saturated carbocycles. The number of rotatable bonds is 3. The Labute approximate surface area is 92.9 Å². The average Bonchev–Trinajstić information content (AvgIpc) is 2.15. The van der Waals surface area contributed by atoms with Crippen LogP contribution in [0, 0.1) is 0 Å². The van der Waals surface area contributed by atoms with Crippen molar-refractivity contribution in [3.63, 3.8) is 0 Å². The van der Waals surface area contributed by atoms with Crippen molar-refractivity contribution in [1.82, 2.24) is 0 Å². The molecule has 16 heavy (non-hydrogen) atoms. The van der Waals surface area contributed by atoms with Crippen LogP contribution in [-0.2, 0) is 6.18 Å². The summed E-state index contributed by atoms with van der Waals surface area (Å²) in [5, 5.41) is 9.19. The van der Waals surface area contributed by atoms with E-state index in [2.05, 4.69) is 0 Å². The molecule has 4 heteroatoms. The lowest BCUT2D eigenvalue weighted by Crippen LogP contribution is -2.09. The highest BCUT2D eigenvalue weighted by Gasteiger charge is 2.30. The molecule has 1 rings (SSSR count). The number of alkyl halides is 3. The molecule has 0 amide bonds. The van der Waals surface area contributed by atoms with Gasteiger partial charge in [0.2, 0.25) is 0 Å². The Morgan fingerprint density at radius 2 is 1.88 bits per heavy atom. The Bertz CT molecular complexity index is 344. The van der Waals surface area contributed by atoms with Crippen molar-refractivity contribution in [3.05, 3.63) is 35.4 Å². The maximum Gasteiger partial charge on any atom is 0.416 e. The van der Waals surface area contributed by atoms with Gasteiger partial charge in [0, 0.05) is 0 Å². The van der Waals surface area contributed by atoms with Gasteiger partial charge in [0.15, 0.2) is 0 Å². The smallest absolute Gasteiger partial charge is 0.393 e. The lowest BCUT2D eigenvalue weighted by atomic mass is 9.94. The molecule has 90 valence electrons. The standard InChI is InChI=1S/C12H15F3O/c1-8(6-9(2)16)10-4-3-5-11(7-10)12(13,14)15/h3-5,7-9,16H,6H2,1-2H3. The molecule has 0 radical (unpaired) electrons. The number of hydrogen-bond acceptors (Lipinski definition) is 1. The molecule has 0 aromatic heterocycles. The molecule has 0 spiro atoms. The number of hydrogen-bond donors (Lipinski definition) is 1. The minimum absolute atomic E-state index is 0.0812. The number of aliphatic hydroxyl groups is 1. The Balaban J connectivity index is 2.90. The van der Waals surface area contributed by atoms with Gasteiger partial charge in [-0.3, -0.25) is 0 Å². The quantitative estimate of drug-likeness (QED) is 0.844. The van der Waals surface area contributed by atoms with Crippen LogP contribution in [0.2, 0.25) is 0 Å². The first kappa shape index (κ1) is 13.0. The maximum atomic E-state index is 12.4. The highest BCUT2D eigenvalue weighted by molar-refractivity contribution is 5.28. The molecule has 0 aliphatic rings. The molecule has 0 fully saturated rings. The van der Waals surface area contributed by atoms with E-state index >= 15 is 0 Å². The molecule has 0 aliphatic heterocycles. The SMILES string of the molecule is CC(O)CC(C)c1cccc(C(F)(F)F)c1. The zero-order valence-corrected chi connectivity index (χ0v) is 9.25.